The molecule has 0 bridgehead atoms. The van der Waals surface area contributed by atoms with Crippen molar-refractivity contribution in [2.45, 2.75) is 45.6 Å². The number of thiazole rings is 1. The molecular weight excluding hydrogens is 389 g/mol. The largest absolute Gasteiger partial charge is 0.411 e. The van der Waals surface area contributed by atoms with E-state index in [4.69, 9.17) is 0 Å². The molecular formula is C19H25F3N4OS. The van der Waals surface area contributed by atoms with Crippen molar-refractivity contribution in [3.8, 4) is 0 Å². The molecule has 154 valence electrons. The van der Waals surface area contributed by atoms with Gasteiger partial charge in [-0.2, -0.15) is 13.2 Å². The second kappa shape index (κ2) is 10.4. The van der Waals surface area contributed by atoms with E-state index in [-0.39, 0.29) is 6.61 Å². The van der Waals surface area contributed by atoms with Crippen molar-refractivity contribution in [3.05, 3.63) is 51.5 Å². The molecule has 0 aliphatic carbocycles. The van der Waals surface area contributed by atoms with Crippen molar-refractivity contribution in [2.24, 2.45) is 4.99 Å². The Labute approximate surface area is 167 Å². The molecule has 28 heavy (non-hydrogen) atoms. The van der Waals surface area contributed by atoms with Gasteiger partial charge in [0.2, 0.25) is 0 Å². The minimum atomic E-state index is -4.30. The topological polar surface area (TPSA) is 58.5 Å². The normalized spacial score (nSPS) is 12.5. The van der Waals surface area contributed by atoms with Gasteiger partial charge in [0.1, 0.15) is 11.6 Å². The molecule has 0 fully saturated rings. The van der Waals surface area contributed by atoms with E-state index in [9.17, 15) is 13.2 Å². The van der Waals surface area contributed by atoms with E-state index in [1.54, 1.807) is 30.5 Å². The molecule has 2 rings (SSSR count). The lowest BCUT2D eigenvalue weighted by molar-refractivity contribution is -0.176. The highest BCUT2D eigenvalue weighted by molar-refractivity contribution is 7.09. The van der Waals surface area contributed by atoms with Gasteiger partial charge < -0.3 is 15.4 Å². The Morgan fingerprint density at radius 3 is 2.36 bits per heavy atom. The van der Waals surface area contributed by atoms with Crippen LogP contribution in [0.3, 0.4) is 0 Å². The smallest absolute Gasteiger partial charge is 0.367 e. The molecule has 0 unspecified atom stereocenters. The Balaban J connectivity index is 1.76. The Bertz CT molecular complexity index is 757. The van der Waals surface area contributed by atoms with E-state index >= 15 is 0 Å². The third kappa shape index (κ3) is 7.85. The summed E-state index contributed by atoms with van der Waals surface area (Å²) in [5, 5.41) is 9.49. The fraction of sp³-hybridized carbons (Fsp3) is 0.474. The van der Waals surface area contributed by atoms with Gasteiger partial charge in [0.25, 0.3) is 0 Å². The zero-order valence-corrected chi connectivity index (χ0v) is 17.0. The molecule has 2 N–H and O–H groups in total. The van der Waals surface area contributed by atoms with E-state index in [1.807, 2.05) is 12.1 Å². The average Bonchev–Trinajstić information content (AvgIpc) is 3.11. The number of ether oxygens (including phenoxy) is 1. The quantitative estimate of drug-likeness (QED) is 0.502. The van der Waals surface area contributed by atoms with Crippen LogP contribution in [0.4, 0.5) is 13.2 Å². The van der Waals surface area contributed by atoms with Crippen LogP contribution < -0.4 is 10.6 Å². The lowest BCUT2D eigenvalue weighted by Gasteiger charge is -2.12. The van der Waals surface area contributed by atoms with Gasteiger partial charge in [-0.05, 0) is 17.0 Å². The fourth-order valence-electron chi connectivity index (χ4n) is 2.28. The molecule has 0 atom stereocenters. The van der Waals surface area contributed by atoms with E-state index in [0.29, 0.717) is 30.5 Å². The highest BCUT2D eigenvalue weighted by atomic mass is 32.1. The number of hydrogen-bond acceptors (Lipinski definition) is 4. The van der Waals surface area contributed by atoms with Gasteiger partial charge in [0, 0.05) is 19.0 Å². The molecule has 0 amide bonds. The van der Waals surface area contributed by atoms with Gasteiger partial charge in [0.05, 0.1) is 18.8 Å². The van der Waals surface area contributed by atoms with Crippen LogP contribution in [0.25, 0.3) is 0 Å². The first-order valence-electron chi connectivity index (χ1n) is 8.88. The van der Waals surface area contributed by atoms with Crippen LogP contribution in [0.15, 0.2) is 34.6 Å². The van der Waals surface area contributed by atoms with Crippen molar-refractivity contribution < 1.29 is 17.9 Å². The van der Waals surface area contributed by atoms with Gasteiger partial charge in [-0.25, -0.2) is 4.98 Å². The van der Waals surface area contributed by atoms with Gasteiger partial charge >= 0.3 is 6.18 Å². The standard InChI is InChI=1S/C19H25F3N4OS/c1-13(2)16-11-28-17(26-16)9-25-18(23-3)24-8-14-4-6-15(7-5-14)10-27-12-19(20,21)22/h4-7,11,13H,8-10,12H2,1-3H3,(H2,23,24,25). The molecule has 1 heterocycles. The number of aromatic nitrogens is 1. The third-order valence-corrected chi connectivity index (χ3v) is 4.68. The minimum absolute atomic E-state index is 0.0668. The summed E-state index contributed by atoms with van der Waals surface area (Å²) in [5.74, 6) is 1.06. The zero-order chi connectivity index (χ0) is 20.6. The first-order valence-corrected chi connectivity index (χ1v) is 9.76. The predicted octanol–water partition coefficient (Wildman–Crippen LogP) is 4.21. The molecule has 5 nitrogen and oxygen atoms in total. The lowest BCUT2D eigenvalue weighted by atomic mass is 10.1. The van der Waals surface area contributed by atoms with Gasteiger partial charge in [-0.3, -0.25) is 4.99 Å². The maximum atomic E-state index is 12.1. The maximum absolute atomic E-state index is 12.1. The first kappa shape index (κ1) is 22.2. The number of rotatable bonds is 8. The van der Waals surface area contributed by atoms with Crippen molar-refractivity contribution >= 4 is 17.3 Å². The summed E-state index contributed by atoms with van der Waals surface area (Å²) in [6.07, 6.45) is -4.30. The predicted molar refractivity (Wildman–Crippen MR) is 105 cm³/mol. The summed E-state index contributed by atoms with van der Waals surface area (Å²) in [6.45, 7) is 4.05. The van der Waals surface area contributed by atoms with E-state index < -0.39 is 12.8 Å². The number of hydrogen-bond donors (Lipinski definition) is 2. The molecule has 1 aromatic heterocycles. The van der Waals surface area contributed by atoms with Crippen LogP contribution in [-0.2, 0) is 24.4 Å². The Morgan fingerprint density at radius 2 is 1.79 bits per heavy atom. The summed E-state index contributed by atoms with van der Waals surface area (Å²) in [4.78, 5) is 8.76. The van der Waals surface area contributed by atoms with Gasteiger partial charge in [-0.1, -0.05) is 38.1 Å². The number of alkyl halides is 3. The Kier molecular flexibility index (Phi) is 8.25. The summed E-state index contributed by atoms with van der Waals surface area (Å²) in [7, 11) is 1.69. The number of aliphatic imine (C=N–C) groups is 1. The molecule has 2 aromatic rings. The second-order valence-corrected chi connectivity index (χ2v) is 7.47. The average molecular weight is 414 g/mol. The number of nitrogens with one attached hydrogen (secondary N) is 2. The zero-order valence-electron chi connectivity index (χ0n) is 16.1. The first-order chi connectivity index (χ1) is 13.3. The van der Waals surface area contributed by atoms with Crippen molar-refractivity contribution in [3.63, 3.8) is 0 Å². The molecule has 0 spiro atoms. The van der Waals surface area contributed by atoms with Gasteiger partial charge in [-0.15, -0.1) is 11.3 Å². The molecule has 1 aromatic carbocycles. The summed E-state index contributed by atoms with van der Waals surface area (Å²) < 4.78 is 40.9. The monoisotopic (exact) mass is 414 g/mol. The highest BCUT2D eigenvalue weighted by Crippen LogP contribution is 2.17. The number of nitrogens with zero attached hydrogens (tertiary/aromatic N) is 2. The van der Waals surface area contributed by atoms with Crippen LogP contribution in [-0.4, -0.2) is 30.8 Å². The summed E-state index contributed by atoms with van der Waals surface area (Å²) in [5.41, 5.74) is 2.77. The summed E-state index contributed by atoms with van der Waals surface area (Å²) in [6, 6.07) is 7.21. The van der Waals surface area contributed by atoms with Crippen LogP contribution in [0.1, 0.15) is 41.6 Å². The van der Waals surface area contributed by atoms with E-state index in [2.05, 4.69) is 44.6 Å². The molecule has 0 aliphatic heterocycles. The number of halogens is 3. The molecule has 0 aliphatic rings. The van der Waals surface area contributed by atoms with Crippen LogP contribution in [0, 0.1) is 0 Å². The maximum Gasteiger partial charge on any atom is 0.411 e. The Morgan fingerprint density at radius 1 is 1.14 bits per heavy atom. The molecule has 0 saturated heterocycles. The van der Waals surface area contributed by atoms with Gasteiger partial charge in [0.15, 0.2) is 5.96 Å². The van der Waals surface area contributed by atoms with E-state index in [1.165, 1.54) is 0 Å². The van der Waals surface area contributed by atoms with Crippen LogP contribution >= 0.6 is 11.3 Å². The van der Waals surface area contributed by atoms with Crippen molar-refractivity contribution in [1.29, 1.82) is 0 Å². The van der Waals surface area contributed by atoms with Crippen LogP contribution in [0.5, 0.6) is 0 Å². The molecule has 0 saturated carbocycles. The second-order valence-electron chi connectivity index (χ2n) is 6.52. The SMILES string of the molecule is CN=C(NCc1ccc(COCC(F)(F)F)cc1)NCc1nc(C(C)C)cs1. The summed E-state index contributed by atoms with van der Waals surface area (Å²) >= 11 is 1.62. The number of guanidine groups is 1. The van der Waals surface area contributed by atoms with Crippen LogP contribution in [0.2, 0.25) is 0 Å². The Hall–Kier alpha value is -2.13. The van der Waals surface area contributed by atoms with Crippen molar-refractivity contribution in [1.82, 2.24) is 15.6 Å². The van der Waals surface area contributed by atoms with Crippen molar-refractivity contribution in [2.75, 3.05) is 13.7 Å². The van der Waals surface area contributed by atoms with E-state index in [0.717, 1.165) is 16.3 Å². The molecule has 0 radical (unpaired) electrons. The fourth-order valence-corrected chi connectivity index (χ4v) is 3.17. The minimum Gasteiger partial charge on any atom is -0.367 e. The highest BCUT2D eigenvalue weighted by Gasteiger charge is 2.27. The number of benzene rings is 1. The molecule has 9 heteroatoms. The lowest BCUT2D eigenvalue weighted by Crippen LogP contribution is -2.36. The third-order valence-electron chi connectivity index (χ3n) is 3.81.